The molecule has 1 amide bonds. The zero-order chi connectivity index (χ0) is 14.9. The lowest BCUT2D eigenvalue weighted by atomic mass is 10.1. The van der Waals surface area contributed by atoms with Gasteiger partial charge in [-0.05, 0) is 24.8 Å². The molecule has 0 radical (unpaired) electrons. The zero-order valence-electron chi connectivity index (χ0n) is 12.2. The first-order valence-corrected chi connectivity index (χ1v) is 7.35. The number of carbonyl (C=O) groups is 1. The maximum atomic E-state index is 12.3. The van der Waals surface area contributed by atoms with Crippen LogP contribution in [-0.4, -0.2) is 47.5 Å². The van der Waals surface area contributed by atoms with Crippen LogP contribution in [0.1, 0.15) is 24.8 Å². The second kappa shape index (κ2) is 5.66. The normalized spacial score (nSPS) is 26.7. The lowest BCUT2D eigenvalue weighted by molar-refractivity contribution is 0.0351. The summed E-state index contributed by atoms with van der Waals surface area (Å²) in [6.45, 7) is 0.732. The van der Waals surface area contributed by atoms with Crippen LogP contribution in [0.4, 0.5) is 4.79 Å². The number of aliphatic hydroxyl groups is 1. The molecule has 1 aromatic carbocycles. The molecule has 114 valence electrons. The Balaban J connectivity index is 1.62. The van der Waals surface area contributed by atoms with Gasteiger partial charge in [-0.3, -0.25) is 4.90 Å². The number of hydrogen-bond acceptors (Lipinski definition) is 4. The van der Waals surface area contributed by atoms with Crippen LogP contribution in [0.2, 0.25) is 0 Å². The highest BCUT2D eigenvalue weighted by molar-refractivity contribution is 5.69. The topological polar surface area (TPSA) is 59.0 Å². The number of nitrogens with zero attached hydrogens (tertiary/aromatic N) is 1. The fourth-order valence-electron chi connectivity index (χ4n) is 2.94. The van der Waals surface area contributed by atoms with Crippen LogP contribution in [0.5, 0.6) is 0 Å². The molecule has 1 saturated carbocycles. The fourth-order valence-corrected chi connectivity index (χ4v) is 2.94. The average Bonchev–Trinajstić information content (AvgIpc) is 3.11. The van der Waals surface area contributed by atoms with Crippen molar-refractivity contribution in [2.45, 2.75) is 43.6 Å². The molecule has 1 aliphatic carbocycles. The van der Waals surface area contributed by atoms with E-state index in [0.29, 0.717) is 13.0 Å². The van der Waals surface area contributed by atoms with E-state index in [0.717, 1.165) is 18.4 Å². The van der Waals surface area contributed by atoms with E-state index in [2.05, 4.69) is 0 Å². The minimum absolute atomic E-state index is 0.0242. The molecule has 1 heterocycles. The second-order valence-electron chi connectivity index (χ2n) is 5.91. The molecule has 0 bridgehead atoms. The number of carbonyl (C=O) groups excluding carboxylic acids is 1. The van der Waals surface area contributed by atoms with Gasteiger partial charge in [0.2, 0.25) is 0 Å². The van der Waals surface area contributed by atoms with Gasteiger partial charge in [-0.25, -0.2) is 4.79 Å². The van der Waals surface area contributed by atoms with Gasteiger partial charge in [0.15, 0.2) is 0 Å². The molecule has 1 N–H and O–H groups in total. The lowest BCUT2D eigenvalue weighted by Gasteiger charge is -2.27. The van der Waals surface area contributed by atoms with Gasteiger partial charge in [0, 0.05) is 7.11 Å². The van der Waals surface area contributed by atoms with E-state index in [-0.39, 0.29) is 24.8 Å². The zero-order valence-corrected chi connectivity index (χ0v) is 12.2. The Hall–Kier alpha value is -1.59. The molecule has 0 spiro atoms. The van der Waals surface area contributed by atoms with Crippen LogP contribution in [0.3, 0.4) is 0 Å². The number of ether oxygens (including phenoxy) is 2. The van der Waals surface area contributed by atoms with Crippen LogP contribution in [0.15, 0.2) is 30.3 Å². The maximum Gasteiger partial charge on any atom is 0.410 e. The number of rotatable bonds is 4. The highest BCUT2D eigenvalue weighted by Crippen LogP contribution is 2.45. The van der Waals surface area contributed by atoms with Gasteiger partial charge in [-0.15, -0.1) is 0 Å². The minimum atomic E-state index is -0.737. The fraction of sp³-hybridized carbons (Fsp3) is 0.562. The molecule has 3 rings (SSSR count). The molecule has 21 heavy (non-hydrogen) atoms. The van der Waals surface area contributed by atoms with Crippen molar-refractivity contribution in [2.75, 3.05) is 13.7 Å². The van der Waals surface area contributed by atoms with Crippen molar-refractivity contribution >= 4 is 6.09 Å². The van der Waals surface area contributed by atoms with Gasteiger partial charge in [-0.2, -0.15) is 0 Å². The van der Waals surface area contributed by atoms with Gasteiger partial charge < -0.3 is 14.6 Å². The van der Waals surface area contributed by atoms with Crippen LogP contribution in [0.25, 0.3) is 0 Å². The summed E-state index contributed by atoms with van der Waals surface area (Å²) >= 11 is 0. The molecule has 2 unspecified atom stereocenters. The van der Waals surface area contributed by atoms with Crippen LogP contribution in [0, 0.1) is 0 Å². The summed E-state index contributed by atoms with van der Waals surface area (Å²) in [4.78, 5) is 13.9. The average molecular weight is 291 g/mol. The van der Waals surface area contributed by atoms with E-state index in [1.54, 1.807) is 12.0 Å². The van der Waals surface area contributed by atoms with Crippen molar-refractivity contribution in [3.05, 3.63) is 35.9 Å². The van der Waals surface area contributed by atoms with Gasteiger partial charge in [0.25, 0.3) is 0 Å². The summed E-state index contributed by atoms with van der Waals surface area (Å²) in [5.41, 5.74) is 0.217. The van der Waals surface area contributed by atoms with Gasteiger partial charge in [-0.1, -0.05) is 30.3 Å². The Labute approximate surface area is 124 Å². The van der Waals surface area contributed by atoms with Crippen molar-refractivity contribution in [3.63, 3.8) is 0 Å². The predicted octanol–water partition coefficient (Wildman–Crippen LogP) is 1.94. The molecule has 1 aliphatic heterocycles. The molecule has 1 aromatic rings. The lowest BCUT2D eigenvalue weighted by Crippen LogP contribution is -2.44. The summed E-state index contributed by atoms with van der Waals surface area (Å²) in [6, 6.07) is 9.40. The quantitative estimate of drug-likeness (QED) is 0.921. The summed E-state index contributed by atoms with van der Waals surface area (Å²) in [6.07, 6.45) is 1.77. The Bertz CT molecular complexity index is 500. The predicted molar refractivity (Wildman–Crippen MR) is 76.7 cm³/mol. The molecule has 2 atom stereocenters. The van der Waals surface area contributed by atoms with Crippen LogP contribution in [-0.2, 0) is 16.1 Å². The summed E-state index contributed by atoms with van der Waals surface area (Å²) in [7, 11) is 1.64. The van der Waals surface area contributed by atoms with Gasteiger partial charge >= 0.3 is 6.09 Å². The summed E-state index contributed by atoms with van der Waals surface area (Å²) in [5, 5.41) is 10.3. The molecular weight excluding hydrogens is 270 g/mol. The first-order valence-electron chi connectivity index (χ1n) is 7.35. The number of likely N-dealkylation sites (tertiary alicyclic amines) is 1. The second-order valence-corrected chi connectivity index (χ2v) is 5.91. The molecular formula is C16H21NO4. The van der Waals surface area contributed by atoms with E-state index >= 15 is 0 Å². The largest absolute Gasteiger partial charge is 0.445 e. The minimum Gasteiger partial charge on any atom is -0.445 e. The molecule has 0 aromatic heterocycles. The molecule has 5 heteroatoms. The maximum absolute atomic E-state index is 12.3. The number of amides is 1. The van der Waals surface area contributed by atoms with Gasteiger partial charge in [0.05, 0.1) is 24.3 Å². The number of methoxy groups -OCH3 is 1. The third-order valence-electron chi connectivity index (χ3n) is 4.42. The third-order valence-corrected chi connectivity index (χ3v) is 4.42. The van der Waals surface area contributed by atoms with E-state index in [9.17, 15) is 9.90 Å². The number of benzene rings is 1. The highest BCUT2D eigenvalue weighted by Gasteiger charge is 2.55. The van der Waals surface area contributed by atoms with Crippen molar-refractivity contribution in [1.82, 2.24) is 4.90 Å². The summed E-state index contributed by atoms with van der Waals surface area (Å²) < 4.78 is 10.7. The SMILES string of the molecule is COC1CC(C2(O)CC2)N(C(=O)OCc2ccccc2)C1. The first-order chi connectivity index (χ1) is 10.1. The van der Waals surface area contributed by atoms with Crippen molar-refractivity contribution < 1.29 is 19.4 Å². The Morgan fingerprint density at radius 1 is 1.38 bits per heavy atom. The van der Waals surface area contributed by atoms with Crippen molar-refractivity contribution in [3.8, 4) is 0 Å². The monoisotopic (exact) mass is 291 g/mol. The van der Waals surface area contributed by atoms with Crippen LogP contribution < -0.4 is 0 Å². The molecule has 2 aliphatic rings. The van der Waals surface area contributed by atoms with E-state index in [1.165, 1.54) is 0 Å². The number of hydrogen-bond donors (Lipinski definition) is 1. The smallest absolute Gasteiger partial charge is 0.410 e. The van der Waals surface area contributed by atoms with Crippen LogP contribution >= 0.6 is 0 Å². The Morgan fingerprint density at radius 3 is 2.71 bits per heavy atom. The Kier molecular flexibility index (Phi) is 3.87. The molecule has 1 saturated heterocycles. The Morgan fingerprint density at radius 2 is 2.10 bits per heavy atom. The van der Waals surface area contributed by atoms with E-state index < -0.39 is 5.60 Å². The van der Waals surface area contributed by atoms with E-state index in [1.807, 2.05) is 30.3 Å². The standard InChI is InChI=1S/C16H21NO4/c1-20-13-9-14(16(19)7-8-16)17(10-13)15(18)21-11-12-5-3-2-4-6-12/h2-6,13-14,19H,7-11H2,1H3. The van der Waals surface area contributed by atoms with Crippen molar-refractivity contribution in [2.24, 2.45) is 0 Å². The van der Waals surface area contributed by atoms with Gasteiger partial charge in [0.1, 0.15) is 6.61 Å². The van der Waals surface area contributed by atoms with Crippen molar-refractivity contribution in [1.29, 1.82) is 0 Å². The first kappa shape index (κ1) is 14.4. The molecule has 5 nitrogen and oxygen atoms in total. The summed E-state index contributed by atoms with van der Waals surface area (Å²) in [5.74, 6) is 0. The molecule has 2 fully saturated rings. The van der Waals surface area contributed by atoms with E-state index in [4.69, 9.17) is 9.47 Å². The third kappa shape index (κ3) is 3.04. The highest BCUT2D eigenvalue weighted by atomic mass is 16.6.